The van der Waals surface area contributed by atoms with Crippen LogP contribution in [0, 0.1) is 0 Å². The van der Waals surface area contributed by atoms with Gasteiger partial charge >= 0.3 is 0 Å². The molecule has 1 N–H and O–H groups in total. The van der Waals surface area contributed by atoms with Crippen molar-refractivity contribution in [2.75, 3.05) is 0 Å². The van der Waals surface area contributed by atoms with Crippen molar-refractivity contribution in [3.8, 4) is 5.69 Å². The van der Waals surface area contributed by atoms with Crippen molar-refractivity contribution in [3.63, 3.8) is 0 Å². The average molecular weight is 319 g/mol. The van der Waals surface area contributed by atoms with Crippen LogP contribution in [0.15, 0.2) is 77.7 Å². The predicted molar refractivity (Wildman–Crippen MR) is 96.5 cm³/mol. The molecule has 24 heavy (non-hydrogen) atoms. The smallest absolute Gasteiger partial charge is 0.255 e. The Morgan fingerprint density at radius 3 is 2.17 bits per heavy atom. The topological polar surface area (TPSA) is 42.2 Å². The van der Waals surface area contributed by atoms with E-state index in [4.69, 9.17) is 0 Å². The molecule has 3 nitrogen and oxygen atoms in total. The van der Waals surface area contributed by atoms with Gasteiger partial charge in [-0.25, -0.2) is 0 Å². The van der Waals surface area contributed by atoms with Crippen LogP contribution in [0.4, 0.5) is 0 Å². The Morgan fingerprint density at radius 1 is 0.917 bits per heavy atom. The Hall–Kier alpha value is -2.65. The number of pyridine rings is 1. The fourth-order valence-electron chi connectivity index (χ4n) is 2.70. The average Bonchev–Trinajstić information content (AvgIpc) is 2.55. The van der Waals surface area contributed by atoms with Crippen LogP contribution in [0.2, 0.25) is 0 Å². The molecule has 122 valence electrons. The monoisotopic (exact) mass is 319 g/mol. The zero-order chi connectivity index (χ0) is 17.2. The molecular weight excluding hydrogens is 298 g/mol. The number of rotatable bonds is 4. The molecule has 0 aliphatic carbocycles. The summed E-state index contributed by atoms with van der Waals surface area (Å²) in [6, 6.07) is 21.1. The zero-order valence-corrected chi connectivity index (χ0v) is 13.9. The summed E-state index contributed by atoms with van der Waals surface area (Å²) in [4.78, 5) is 12.4. The van der Waals surface area contributed by atoms with Crippen molar-refractivity contribution < 1.29 is 5.11 Å². The maximum absolute atomic E-state index is 12.4. The second kappa shape index (κ2) is 6.46. The predicted octanol–water partition coefficient (Wildman–Crippen LogP) is 3.66. The quantitative estimate of drug-likeness (QED) is 0.797. The van der Waals surface area contributed by atoms with Crippen LogP contribution in [0.25, 0.3) is 5.69 Å². The molecule has 1 aromatic heterocycles. The van der Waals surface area contributed by atoms with Gasteiger partial charge in [-0.1, -0.05) is 42.5 Å². The zero-order valence-electron chi connectivity index (χ0n) is 13.9. The summed E-state index contributed by atoms with van der Waals surface area (Å²) in [6.45, 7) is 3.49. The lowest BCUT2D eigenvalue weighted by Crippen LogP contribution is -2.18. The molecule has 1 heterocycles. The van der Waals surface area contributed by atoms with Gasteiger partial charge in [0.15, 0.2) is 0 Å². The summed E-state index contributed by atoms with van der Waals surface area (Å²) in [5.74, 6) is 0. The van der Waals surface area contributed by atoms with Gasteiger partial charge in [0, 0.05) is 18.0 Å². The molecule has 0 amide bonds. The van der Waals surface area contributed by atoms with E-state index in [1.165, 1.54) is 5.56 Å². The van der Waals surface area contributed by atoms with E-state index in [2.05, 4.69) is 12.1 Å². The van der Waals surface area contributed by atoms with Gasteiger partial charge < -0.3 is 5.11 Å². The van der Waals surface area contributed by atoms with E-state index >= 15 is 0 Å². The van der Waals surface area contributed by atoms with Crippen LogP contribution in [0.5, 0.6) is 0 Å². The Labute approximate surface area is 141 Å². The highest BCUT2D eigenvalue weighted by Crippen LogP contribution is 2.20. The van der Waals surface area contributed by atoms with Crippen LogP contribution < -0.4 is 5.56 Å². The standard InChI is InChI=1S/C21H21NO2/c1-21(2,24)18-8-10-19(11-9-18)22-13-12-17(15-20(22)23)14-16-6-4-3-5-7-16/h3-13,15,24H,14H2,1-2H3. The van der Waals surface area contributed by atoms with Gasteiger partial charge in [0.25, 0.3) is 5.56 Å². The maximum Gasteiger partial charge on any atom is 0.255 e. The molecule has 0 spiro atoms. The highest BCUT2D eigenvalue weighted by molar-refractivity contribution is 5.37. The Bertz CT molecular complexity index is 872. The molecule has 2 aromatic carbocycles. The molecule has 3 aromatic rings. The molecule has 0 unspecified atom stereocenters. The molecule has 0 aliphatic rings. The molecular formula is C21H21NO2. The Morgan fingerprint density at radius 2 is 1.58 bits per heavy atom. The van der Waals surface area contributed by atoms with Gasteiger partial charge in [0.05, 0.1) is 5.60 Å². The SMILES string of the molecule is CC(C)(O)c1ccc(-n2ccc(Cc3ccccc3)cc2=O)cc1. The van der Waals surface area contributed by atoms with Crippen LogP contribution in [-0.4, -0.2) is 9.67 Å². The first kappa shape index (κ1) is 16.2. The molecule has 0 radical (unpaired) electrons. The summed E-state index contributed by atoms with van der Waals surface area (Å²) in [5.41, 5.74) is 2.85. The van der Waals surface area contributed by atoms with Crippen molar-refractivity contribution in [1.82, 2.24) is 4.57 Å². The highest BCUT2D eigenvalue weighted by atomic mass is 16.3. The van der Waals surface area contributed by atoms with E-state index in [-0.39, 0.29) is 5.56 Å². The second-order valence-corrected chi connectivity index (χ2v) is 6.51. The summed E-state index contributed by atoms with van der Waals surface area (Å²) in [6.07, 6.45) is 2.55. The van der Waals surface area contributed by atoms with E-state index in [0.29, 0.717) is 0 Å². The number of aromatic nitrogens is 1. The van der Waals surface area contributed by atoms with E-state index in [1.54, 1.807) is 30.7 Å². The second-order valence-electron chi connectivity index (χ2n) is 6.51. The van der Waals surface area contributed by atoms with Crippen molar-refractivity contribution in [3.05, 3.63) is 100.0 Å². The summed E-state index contributed by atoms with van der Waals surface area (Å²) in [5, 5.41) is 10.0. The van der Waals surface area contributed by atoms with E-state index < -0.39 is 5.60 Å². The first-order valence-corrected chi connectivity index (χ1v) is 8.02. The van der Waals surface area contributed by atoms with Gasteiger partial charge in [-0.3, -0.25) is 9.36 Å². The van der Waals surface area contributed by atoms with Crippen LogP contribution in [-0.2, 0) is 12.0 Å². The summed E-state index contributed by atoms with van der Waals surface area (Å²) in [7, 11) is 0. The van der Waals surface area contributed by atoms with Gasteiger partial charge in [-0.2, -0.15) is 0 Å². The van der Waals surface area contributed by atoms with Crippen LogP contribution in [0.3, 0.4) is 0 Å². The minimum atomic E-state index is -0.886. The molecule has 3 heteroatoms. The molecule has 0 atom stereocenters. The number of hydrogen-bond donors (Lipinski definition) is 1. The fourth-order valence-corrected chi connectivity index (χ4v) is 2.70. The van der Waals surface area contributed by atoms with Crippen molar-refractivity contribution in [1.29, 1.82) is 0 Å². The van der Waals surface area contributed by atoms with Crippen molar-refractivity contribution in [2.24, 2.45) is 0 Å². The van der Waals surface area contributed by atoms with Gasteiger partial charge in [0.1, 0.15) is 0 Å². The fraction of sp³-hybridized carbons (Fsp3) is 0.190. The lowest BCUT2D eigenvalue weighted by molar-refractivity contribution is 0.0786. The minimum absolute atomic E-state index is 0.0561. The van der Waals surface area contributed by atoms with Crippen LogP contribution in [0.1, 0.15) is 30.5 Å². The van der Waals surface area contributed by atoms with Gasteiger partial charge in [-0.05, 0) is 55.2 Å². The lowest BCUT2D eigenvalue weighted by Gasteiger charge is -2.18. The Balaban J connectivity index is 1.86. The third kappa shape index (κ3) is 3.63. The third-order valence-electron chi connectivity index (χ3n) is 4.09. The highest BCUT2D eigenvalue weighted by Gasteiger charge is 2.15. The van der Waals surface area contributed by atoms with E-state index in [9.17, 15) is 9.90 Å². The summed E-state index contributed by atoms with van der Waals surface area (Å²) < 4.78 is 1.61. The normalized spacial score (nSPS) is 11.5. The first-order chi connectivity index (χ1) is 11.4. The molecule has 0 saturated heterocycles. The molecule has 0 saturated carbocycles. The third-order valence-corrected chi connectivity index (χ3v) is 4.09. The maximum atomic E-state index is 12.4. The van der Waals surface area contributed by atoms with Crippen molar-refractivity contribution >= 4 is 0 Å². The molecule has 0 fully saturated rings. The van der Waals surface area contributed by atoms with Gasteiger partial charge in [-0.15, -0.1) is 0 Å². The summed E-state index contributed by atoms with van der Waals surface area (Å²) >= 11 is 0. The number of benzene rings is 2. The van der Waals surface area contributed by atoms with Crippen LogP contribution >= 0.6 is 0 Å². The minimum Gasteiger partial charge on any atom is -0.386 e. The largest absolute Gasteiger partial charge is 0.386 e. The van der Waals surface area contributed by atoms with Crippen molar-refractivity contribution in [2.45, 2.75) is 25.9 Å². The van der Waals surface area contributed by atoms with Gasteiger partial charge in [0.2, 0.25) is 0 Å². The molecule has 0 bridgehead atoms. The molecule has 3 rings (SSSR count). The number of hydrogen-bond acceptors (Lipinski definition) is 2. The number of nitrogens with zero attached hydrogens (tertiary/aromatic N) is 1. The first-order valence-electron chi connectivity index (χ1n) is 8.02. The van der Waals surface area contributed by atoms with E-state index in [1.807, 2.05) is 48.5 Å². The number of aliphatic hydroxyl groups is 1. The molecule has 0 aliphatic heterocycles. The Kier molecular flexibility index (Phi) is 4.36. The lowest BCUT2D eigenvalue weighted by atomic mass is 9.98. The van der Waals surface area contributed by atoms with E-state index in [0.717, 1.165) is 23.2 Å².